The van der Waals surface area contributed by atoms with Gasteiger partial charge in [-0.3, -0.25) is 4.79 Å². The lowest BCUT2D eigenvalue weighted by Crippen LogP contribution is -2.42. The fourth-order valence-electron chi connectivity index (χ4n) is 4.03. The fraction of sp³-hybridized carbons (Fsp3) is 0.429. The van der Waals surface area contributed by atoms with Gasteiger partial charge < -0.3 is 14.3 Å². The SMILES string of the molecule is Cn1cccc1[C@H]1CCCCCN1C(=O)[C@@H]1CC(c2cccc(F)c2)=NO1. The van der Waals surface area contributed by atoms with Crippen molar-refractivity contribution in [2.45, 2.75) is 44.2 Å². The van der Waals surface area contributed by atoms with Crippen molar-refractivity contribution >= 4 is 11.6 Å². The lowest BCUT2D eigenvalue weighted by Gasteiger charge is -2.31. The number of likely N-dealkylation sites (tertiary alicyclic amines) is 1. The number of rotatable bonds is 3. The first-order chi connectivity index (χ1) is 13.1. The topological polar surface area (TPSA) is 46.8 Å². The van der Waals surface area contributed by atoms with E-state index in [4.69, 9.17) is 4.84 Å². The third-order valence-electron chi connectivity index (χ3n) is 5.46. The molecule has 2 aromatic rings. The van der Waals surface area contributed by atoms with Crippen molar-refractivity contribution in [2.24, 2.45) is 12.2 Å². The van der Waals surface area contributed by atoms with Gasteiger partial charge >= 0.3 is 0 Å². The molecule has 4 rings (SSSR count). The van der Waals surface area contributed by atoms with E-state index in [1.807, 2.05) is 24.2 Å². The van der Waals surface area contributed by atoms with Crippen LogP contribution in [0.15, 0.2) is 47.8 Å². The highest BCUT2D eigenvalue weighted by atomic mass is 19.1. The van der Waals surface area contributed by atoms with Crippen molar-refractivity contribution < 1.29 is 14.0 Å². The molecule has 0 bridgehead atoms. The highest BCUT2D eigenvalue weighted by Crippen LogP contribution is 2.32. The van der Waals surface area contributed by atoms with Gasteiger partial charge in [-0.2, -0.15) is 0 Å². The molecule has 3 heterocycles. The van der Waals surface area contributed by atoms with Crippen LogP contribution < -0.4 is 0 Å². The minimum Gasteiger partial charge on any atom is -0.382 e. The van der Waals surface area contributed by atoms with Crippen LogP contribution in [0.1, 0.15) is 49.4 Å². The van der Waals surface area contributed by atoms with E-state index >= 15 is 0 Å². The van der Waals surface area contributed by atoms with Crippen LogP contribution >= 0.6 is 0 Å². The number of amides is 1. The van der Waals surface area contributed by atoms with Crippen LogP contribution in [-0.4, -0.2) is 33.7 Å². The quantitative estimate of drug-likeness (QED) is 0.826. The zero-order chi connectivity index (χ0) is 18.8. The summed E-state index contributed by atoms with van der Waals surface area (Å²) in [7, 11) is 2.01. The second kappa shape index (κ2) is 7.55. The Bertz CT molecular complexity index is 861. The lowest BCUT2D eigenvalue weighted by molar-refractivity contribution is -0.144. The number of benzene rings is 1. The second-order valence-corrected chi connectivity index (χ2v) is 7.29. The van der Waals surface area contributed by atoms with Gasteiger partial charge in [-0.25, -0.2) is 4.39 Å². The Labute approximate surface area is 158 Å². The lowest BCUT2D eigenvalue weighted by atomic mass is 10.0. The van der Waals surface area contributed by atoms with E-state index in [1.165, 1.54) is 12.1 Å². The molecule has 27 heavy (non-hydrogen) atoms. The van der Waals surface area contributed by atoms with Crippen molar-refractivity contribution in [3.63, 3.8) is 0 Å². The van der Waals surface area contributed by atoms with Crippen molar-refractivity contribution in [3.8, 4) is 0 Å². The van der Waals surface area contributed by atoms with E-state index in [0.717, 1.165) is 37.9 Å². The predicted molar refractivity (Wildman–Crippen MR) is 101 cm³/mol. The molecule has 1 saturated heterocycles. The summed E-state index contributed by atoms with van der Waals surface area (Å²) in [5.74, 6) is -0.348. The van der Waals surface area contributed by atoms with Crippen LogP contribution in [0.5, 0.6) is 0 Å². The number of oxime groups is 1. The first-order valence-corrected chi connectivity index (χ1v) is 9.54. The van der Waals surface area contributed by atoms with E-state index in [1.54, 1.807) is 12.1 Å². The highest BCUT2D eigenvalue weighted by Gasteiger charge is 2.37. The summed E-state index contributed by atoms with van der Waals surface area (Å²) in [6.07, 6.45) is 5.94. The highest BCUT2D eigenvalue weighted by molar-refractivity contribution is 6.04. The molecule has 0 saturated carbocycles. The summed E-state index contributed by atoms with van der Waals surface area (Å²) in [5.41, 5.74) is 2.44. The number of carbonyl (C=O) groups is 1. The van der Waals surface area contributed by atoms with E-state index in [9.17, 15) is 9.18 Å². The number of hydrogen-bond donors (Lipinski definition) is 0. The second-order valence-electron chi connectivity index (χ2n) is 7.29. The smallest absolute Gasteiger partial charge is 0.267 e. The van der Waals surface area contributed by atoms with Gasteiger partial charge in [0.1, 0.15) is 5.82 Å². The molecular weight excluding hydrogens is 345 g/mol. The standard InChI is InChI=1S/C21H24FN3O2/c1-24-11-6-10-18(24)19-9-3-2-4-12-25(19)21(26)20-14-17(23-27-20)15-7-5-8-16(22)13-15/h5-8,10-11,13,19-20H,2-4,9,12,14H2,1H3/t19-,20+/m1/s1. The van der Waals surface area contributed by atoms with E-state index in [0.29, 0.717) is 17.7 Å². The average Bonchev–Trinajstić information content (AvgIpc) is 3.25. The van der Waals surface area contributed by atoms with Crippen LogP contribution in [0.2, 0.25) is 0 Å². The Hall–Kier alpha value is -2.63. The van der Waals surface area contributed by atoms with Gasteiger partial charge in [-0.15, -0.1) is 0 Å². The maximum Gasteiger partial charge on any atom is 0.267 e. The number of carbonyl (C=O) groups excluding carboxylic acids is 1. The molecule has 6 heteroatoms. The summed E-state index contributed by atoms with van der Waals surface area (Å²) in [6, 6.07) is 10.4. The van der Waals surface area contributed by atoms with E-state index in [2.05, 4.69) is 15.8 Å². The summed E-state index contributed by atoms with van der Waals surface area (Å²) in [5, 5.41) is 4.07. The Morgan fingerprint density at radius 3 is 2.89 bits per heavy atom. The molecule has 1 fully saturated rings. The Morgan fingerprint density at radius 1 is 1.22 bits per heavy atom. The molecule has 2 atom stereocenters. The first-order valence-electron chi connectivity index (χ1n) is 9.54. The molecule has 2 aliphatic rings. The van der Waals surface area contributed by atoms with Gasteiger partial charge in [0.05, 0.1) is 11.8 Å². The van der Waals surface area contributed by atoms with E-state index in [-0.39, 0.29) is 17.8 Å². The first kappa shape index (κ1) is 17.8. The fourth-order valence-corrected chi connectivity index (χ4v) is 4.03. The molecule has 0 aliphatic carbocycles. The predicted octanol–water partition coefficient (Wildman–Crippen LogP) is 3.80. The number of halogens is 1. The van der Waals surface area contributed by atoms with Crippen molar-refractivity contribution in [1.82, 2.24) is 9.47 Å². The van der Waals surface area contributed by atoms with Gasteiger partial charge in [-0.05, 0) is 37.1 Å². The van der Waals surface area contributed by atoms with Gasteiger partial charge in [0.25, 0.3) is 5.91 Å². The zero-order valence-corrected chi connectivity index (χ0v) is 15.5. The maximum absolute atomic E-state index is 13.5. The van der Waals surface area contributed by atoms with Gasteiger partial charge in [0.15, 0.2) is 0 Å². The molecule has 1 amide bonds. The normalized spacial score (nSPS) is 22.9. The van der Waals surface area contributed by atoms with Crippen LogP contribution in [-0.2, 0) is 16.7 Å². The number of nitrogens with zero attached hydrogens (tertiary/aromatic N) is 3. The van der Waals surface area contributed by atoms with Crippen LogP contribution in [0.4, 0.5) is 4.39 Å². The number of aromatic nitrogens is 1. The monoisotopic (exact) mass is 369 g/mol. The number of hydrogen-bond acceptors (Lipinski definition) is 3. The van der Waals surface area contributed by atoms with E-state index < -0.39 is 6.10 Å². The molecule has 1 aromatic carbocycles. The van der Waals surface area contributed by atoms with Gasteiger partial charge in [0.2, 0.25) is 6.10 Å². The third-order valence-corrected chi connectivity index (χ3v) is 5.46. The summed E-state index contributed by atoms with van der Waals surface area (Å²) in [4.78, 5) is 20.7. The minimum atomic E-state index is -0.635. The van der Waals surface area contributed by atoms with Crippen molar-refractivity contribution in [2.75, 3.05) is 6.54 Å². The largest absolute Gasteiger partial charge is 0.382 e. The third kappa shape index (κ3) is 3.61. The molecule has 1 aromatic heterocycles. The molecule has 0 N–H and O–H groups in total. The summed E-state index contributed by atoms with van der Waals surface area (Å²) in [6.45, 7) is 0.726. The van der Waals surface area contributed by atoms with Crippen LogP contribution in [0.25, 0.3) is 0 Å². The minimum absolute atomic E-state index is 0.0294. The average molecular weight is 369 g/mol. The van der Waals surface area contributed by atoms with Gasteiger partial charge in [0, 0.05) is 37.5 Å². The molecule has 0 spiro atoms. The molecule has 0 radical (unpaired) electrons. The molecular formula is C21H24FN3O2. The number of aryl methyl sites for hydroxylation is 1. The van der Waals surface area contributed by atoms with Gasteiger partial charge in [-0.1, -0.05) is 30.1 Å². The summed E-state index contributed by atoms with van der Waals surface area (Å²) < 4.78 is 15.6. The molecule has 142 valence electrons. The molecule has 0 unspecified atom stereocenters. The van der Waals surface area contributed by atoms with Crippen molar-refractivity contribution in [1.29, 1.82) is 0 Å². The van der Waals surface area contributed by atoms with Crippen LogP contribution in [0.3, 0.4) is 0 Å². The Balaban J connectivity index is 1.52. The Morgan fingerprint density at radius 2 is 2.11 bits per heavy atom. The molecule has 5 nitrogen and oxygen atoms in total. The van der Waals surface area contributed by atoms with Crippen molar-refractivity contribution in [3.05, 3.63) is 59.7 Å². The zero-order valence-electron chi connectivity index (χ0n) is 15.5. The molecule has 2 aliphatic heterocycles. The van der Waals surface area contributed by atoms with Crippen LogP contribution in [0, 0.1) is 5.82 Å². The Kier molecular flexibility index (Phi) is 4.97. The summed E-state index contributed by atoms with van der Waals surface area (Å²) >= 11 is 0. The maximum atomic E-state index is 13.5.